The quantitative estimate of drug-likeness (QED) is 0.365. The van der Waals surface area contributed by atoms with Gasteiger partial charge in [-0.3, -0.25) is 0 Å². The van der Waals surface area contributed by atoms with Crippen LogP contribution in [-0.4, -0.2) is 18.2 Å². The van der Waals surface area contributed by atoms with Crippen LogP contribution >= 0.6 is 11.6 Å². The first-order valence-corrected chi connectivity index (χ1v) is 5.24. The van der Waals surface area contributed by atoms with Gasteiger partial charge in [0.2, 0.25) is 0 Å². The van der Waals surface area contributed by atoms with Crippen LogP contribution in [0.3, 0.4) is 0 Å². The molecule has 1 N–H and O–H groups in total. The summed E-state index contributed by atoms with van der Waals surface area (Å²) >= 11 is 5.83. The van der Waals surface area contributed by atoms with Gasteiger partial charge in [0.25, 0.3) is 0 Å². The van der Waals surface area contributed by atoms with Crippen LogP contribution in [0.5, 0.6) is 0 Å². The molecule has 0 heterocycles. The van der Waals surface area contributed by atoms with Crippen LogP contribution in [-0.2, 0) is 6.32 Å². The maximum absolute atomic E-state index is 8.71. The van der Waals surface area contributed by atoms with Gasteiger partial charge in [-0.25, -0.2) is 0 Å². The second-order valence-corrected chi connectivity index (χ2v) is 3.77. The lowest BCUT2D eigenvalue weighted by Gasteiger charge is -2.08. The van der Waals surface area contributed by atoms with Gasteiger partial charge in [0.15, 0.2) is 5.17 Å². The Morgan fingerprint density at radius 1 is 1.19 bits per heavy atom. The molecule has 0 aromatic heterocycles. The summed E-state index contributed by atoms with van der Waals surface area (Å²) in [6, 6.07) is 11.5. The van der Waals surface area contributed by atoms with E-state index < -0.39 is 0 Å². The van der Waals surface area contributed by atoms with E-state index in [0.717, 1.165) is 16.3 Å². The summed E-state index contributed by atoms with van der Waals surface area (Å²) in [6.45, 7) is 0. The average Bonchev–Trinajstić information content (AvgIpc) is 2.36. The van der Waals surface area contributed by atoms with Crippen LogP contribution in [0.4, 0.5) is 0 Å². The Kier molecular flexibility index (Phi) is 3.16. The van der Waals surface area contributed by atoms with Crippen molar-refractivity contribution in [3.8, 4) is 0 Å². The van der Waals surface area contributed by atoms with E-state index >= 15 is 0 Å². The van der Waals surface area contributed by atoms with Gasteiger partial charge in [-0.05, 0) is 16.3 Å². The van der Waals surface area contributed by atoms with Crippen LogP contribution in [0.15, 0.2) is 41.6 Å². The van der Waals surface area contributed by atoms with Crippen LogP contribution < -0.4 is 0 Å². The Hall–Kier alpha value is -1.48. The van der Waals surface area contributed by atoms with Crippen LogP contribution in [0, 0.1) is 0 Å². The molecule has 2 aromatic rings. The van der Waals surface area contributed by atoms with Crippen molar-refractivity contribution in [2.45, 2.75) is 6.32 Å². The molecule has 0 bridgehead atoms. The van der Waals surface area contributed by atoms with Crippen LogP contribution in [0.25, 0.3) is 10.8 Å². The lowest BCUT2D eigenvalue weighted by molar-refractivity contribution is 0.321. The number of benzene rings is 2. The van der Waals surface area contributed by atoms with Crippen molar-refractivity contribution in [3.05, 3.63) is 47.5 Å². The molecule has 0 aliphatic heterocycles. The molecule has 0 spiro atoms. The number of nitrogens with zero attached hydrogens (tertiary/aromatic N) is 1. The van der Waals surface area contributed by atoms with E-state index in [0.29, 0.717) is 11.9 Å². The van der Waals surface area contributed by atoms with E-state index in [1.807, 2.05) is 36.4 Å². The fourth-order valence-corrected chi connectivity index (χ4v) is 1.94. The van der Waals surface area contributed by atoms with Crippen LogP contribution in [0.1, 0.15) is 11.1 Å². The lowest BCUT2D eigenvalue weighted by Crippen LogP contribution is -1.96. The van der Waals surface area contributed by atoms with Crippen molar-refractivity contribution in [2.24, 2.45) is 5.16 Å². The molecular formula is C12H9BClNO. The molecule has 4 heteroatoms. The molecule has 2 nitrogen and oxygen atoms in total. The third-order valence-corrected chi connectivity index (χ3v) is 2.82. The third-order valence-electron chi connectivity index (χ3n) is 2.54. The summed E-state index contributed by atoms with van der Waals surface area (Å²) in [6.07, 6.45) is 0.467. The average molecular weight is 229 g/mol. The Labute approximate surface area is 99.9 Å². The second kappa shape index (κ2) is 4.58. The predicted molar refractivity (Wildman–Crippen MR) is 67.6 cm³/mol. The van der Waals surface area contributed by atoms with Crippen molar-refractivity contribution in [2.75, 3.05) is 0 Å². The van der Waals surface area contributed by atoms with Crippen molar-refractivity contribution in [1.29, 1.82) is 0 Å². The Morgan fingerprint density at radius 3 is 2.50 bits per heavy atom. The minimum absolute atomic E-state index is 0.0831. The highest BCUT2D eigenvalue weighted by Gasteiger charge is 2.08. The highest BCUT2D eigenvalue weighted by molar-refractivity contribution is 6.70. The van der Waals surface area contributed by atoms with E-state index in [-0.39, 0.29) is 5.17 Å². The number of hydrogen-bond acceptors (Lipinski definition) is 2. The molecule has 0 fully saturated rings. The standard InChI is InChI=1S/C12H9BClNO/c13-7-8-5-6-11(12(14)15-16)10-4-2-1-3-9(8)10/h1-6,16H,7H2/b15-12+. The first-order valence-electron chi connectivity index (χ1n) is 4.86. The first kappa shape index (κ1) is 11.0. The number of fused-ring (bicyclic) bond motifs is 1. The van der Waals surface area contributed by atoms with Crippen molar-refractivity contribution in [3.63, 3.8) is 0 Å². The molecule has 2 aromatic carbocycles. The fourth-order valence-electron chi connectivity index (χ4n) is 1.77. The fraction of sp³-hybridized carbons (Fsp3) is 0.0833. The number of oxime groups is 1. The van der Waals surface area contributed by atoms with Gasteiger partial charge < -0.3 is 5.21 Å². The smallest absolute Gasteiger partial charge is 0.175 e. The number of halogens is 1. The minimum atomic E-state index is 0.0831. The lowest BCUT2D eigenvalue weighted by atomic mass is 9.91. The molecule has 0 unspecified atom stereocenters. The SMILES string of the molecule is [B]Cc1ccc(/C(Cl)=N\O)c2ccccc12. The van der Waals surface area contributed by atoms with E-state index in [1.54, 1.807) is 0 Å². The predicted octanol–water partition coefficient (Wildman–Crippen LogP) is 2.88. The Bertz CT molecular complexity index is 554. The Balaban J connectivity index is 2.79. The van der Waals surface area contributed by atoms with Crippen LogP contribution in [0.2, 0.25) is 0 Å². The molecule has 2 radical (unpaired) electrons. The highest BCUT2D eigenvalue weighted by Crippen LogP contribution is 2.24. The van der Waals surface area contributed by atoms with Gasteiger partial charge >= 0.3 is 0 Å². The van der Waals surface area contributed by atoms with Gasteiger partial charge in [0.1, 0.15) is 0 Å². The van der Waals surface area contributed by atoms with Gasteiger partial charge in [0, 0.05) is 5.56 Å². The summed E-state index contributed by atoms with van der Waals surface area (Å²) in [5.41, 5.74) is 1.75. The zero-order valence-corrected chi connectivity index (χ0v) is 9.28. The van der Waals surface area contributed by atoms with E-state index in [4.69, 9.17) is 24.7 Å². The first-order chi connectivity index (χ1) is 7.77. The highest BCUT2D eigenvalue weighted by atomic mass is 35.5. The summed E-state index contributed by atoms with van der Waals surface area (Å²) in [4.78, 5) is 0. The second-order valence-electron chi connectivity index (χ2n) is 3.41. The number of rotatable bonds is 2. The molecule has 0 aliphatic carbocycles. The molecule has 78 valence electrons. The molecule has 0 atom stereocenters. The van der Waals surface area contributed by atoms with Gasteiger partial charge in [0.05, 0.1) is 7.85 Å². The van der Waals surface area contributed by atoms with Gasteiger partial charge in [-0.15, -0.1) is 0 Å². The van der Waals surface area contributed by atoms with E-state index in [2.05, 4.69) is 5.16 Å². The number of hydrogen-bond donors (Lipinski definition) is 1. The largest absolute Gasteiger partial charge is 0.410 e. The zero-order valence-electron chi connectivity index (χ0n) is 8.52. The Morgan fingerprint density at radius 2 is 1.88 bits per heavy atom. The summed E-state index contributed by atoms with van der Waals surface area (Å²) < 4.78 is 0. The van der Waals surface area contributed by atoms with Crippen molar-refractivity contribution < 1.29 is 5.21 Å². The van der Waals surface area contributed by atoms with E-state index in [9.17, 15) is 0 Å². The monoisotopic (exact) mass is 229 g/mol. The topological polar surface area (TPSA) is 32.6 Å². The van der Waals surface area contributed by atoms with E-state index in [1.165, 1.54) is 0 Å². The molecule has 0 aliphatic rings. The maximum Gasteiger partial charge on any atom is 0.175 e. The molecule has 0 saturated heterocycles. The van der Waals surface area contributed by atoms with Crippen molar-refractivity contribution in [1.82, 2.24) is 0 Å². The molecule has 16 heavy (non-hydrogen) atoms. The zero-order chi connectivity index (χ0) is 11.5. The minimum Gasteiger partial charge on any atom is -0.410 e. The van der Waals surface area contributed by atoms with Gasteiger partial charge in [-0.1, -0.05) is 59.5 Å². The molecule has 0 amide bonds. The molecule has 2 rings (SSSR count). The normalized spacial score (nSPS) is 11.9. The molecule has 0 saturated carbocycles. The third kappa shape index (κ3) is 1.79. The summed E-state index contributed by atoms with van der Waals surface area (Å²) in [5, 5.41) is 13.8. The van der Waals surface area contributed by atoms with Crippen molar-refractivity contribution >= 4 is 35.4 Å². The molecular weight excluding hydrogens is 220 g/mol. The summed E-state index contributed by atoms with van der Waals surface area (Å²) in [7, 11) is 5.66. The summed E-state index contributed by atoms with van der Waals surface area (Å²) in [5.74, 6) is 0. The maximum atomic E-state index is 8.71. The van der Waals surface area contributed by atoms with Gasteiger partial charge in [-0.2, -0.15) is 0 Å².